The number of aromatic nitrogens is 5. The lowest BCUT2D eigenvalue weighted by Crippen LogP contribution is -2.24. The first-order valence-electron chi connectivity index (χ1n) is 11.2. The van der Waals surface area contributed by atoms with E-state index in [4.69, 9.17) is 4.98 Å². The zero-order valence-electron chi connectivity index (χ0n) is 18.4. The molecule has 1 fully saturated rings. The summed E-state index contributed by atoms with van der Waals surface area (Å²) in [6.45, 7) is 1.57. The summed E-state index contributed by atoms with van der Waals surface area (Å²) in [7, 11) is 0. The fraction of sp³-hybridized carbons (Fsp3) is 0.320. The minimum absolute atomic E-state index is 0.139. The number of carbonyl (C=O) groups excluding carboxylic acids is 1. The van der Waals surface area contributed by atoms with Crippen LogP contribution in [-0.4, -0.2) is 30.3 Å². The summed E-state index contributed by atoms with van der Waals surface area (Å²) >= 11 is 0. The second-order valence-corrected chi connectivity index (χ2v) is 8.62. The van der Waals surface area contributed by atoms with Gasteiger partial charge in [-0.05, 0) is 75.1 Å². The van der Waals surface area contributed by atoms with Crippen LogP contribution < -0.4 is 5.56 Å². The average molecular weight is 445 g/mol. The minimum Gasteiger partial charge on any atom is -0.300 e. The van der Waals surface area contributed by atoms with E-state index in [0.29, 0.717) is 47.6 Å². The number of rotatable bonds is 8. The van der Waals surface area contributed by atoms with Crippen LogP contribution in [0.25, 0.3) is 22.3 Å². The van der Waals surface area contributed by atoms with Gasteiger partial charge < -0.3 is 4.79 Å². The highest BCUT2D eigenvalue weighted by Gasteiger charge is 2.26. The molecule has 2 heterocycles. The molecule has 0 aliphatic heterocycles. The first-order chi connectivity index (χ1) is 16.0. The Morgan fingerprint density at radius 2 is 1.85 bits per heavy atom. The van der Waals surface area contributed by atoms with E-state index < -0.39 is 0 Å². The van der Waals surface area contributed by atoms with Gasteiger partial charge in [0, 0.05) is 18.8 Å². The largest absolute Gasteiger partial charge is 0.300 e. The van der Waals surface area contributed by atoms with Gasteiger partial charge in [0.15, 0.2) is 0 Å². The van der Waals surface area contributed by atoms with Crippen LogP contribution in [-0.2, 0) is 11.2 Å². The highest BCUT2D eigenvalue weighted by atomic mass is 19.1. The molecule has 0 saturated heterocycles. The highest BCUT2D eigenvalue weighted by Crippen LogP contribution is 2.38. The van der Waals surface area contributed by atoms with Crippen molar-refractivity contribution in [3.05, 3.63) is 76.4 Å². The Bertz CT molecular complexity index is 1390. The molecule has 0 radical (unpaired) electrons. The van der Waals surface area contributed by atoms with Gasteiger partial charge in [-0.2, -0.15) is 0 Å². The summed E-state index contributed by atoms with van der Waals surface area (Å²) in [6.07, 6.45) is 6.67. The van der Waals surface area contributed by atoms with Gasteiger partial charge in [-0.25, -0.2) is 14.1 Å². The van der Waals surface area contributed by atoms with E-state index in [-0.39, 0.29) is 17.2 Å². The molecule has 168 valence electrons. The molecule has 0 atom stereocenters. The van der Waals surface area contributed by atoms with Crippen LogP contribution in [0.2, 0.25) is 0 Å². The van der Waals surface area contributed by atoms with Gasteiger partial charge in [-0.15, -0.1) is 5.10 Å². The highest BCUT2D eigenvalue weighted by molar-refractivity contribution is 5.80. The monoisotopic (exact) mass is 445 g/mol. The number of Topliss-reactive ketones (excluding diaryl/α,β-unsaturated/α-hetero) is 1. The van der Waals surface area contributed by atoms with Crippen LogP contribution in [0.5, 0.6) is 0 Å². The van der Waals surface area contributed by atoms with Crippen LogP contribution >= 0.6 is 0 Å². The topological polar surface area (TPSA) is 82.7 Å². The summed E-state index contributed by atoms with van der Waals surface area (Å²) in [5, 5.41) is 8.97. The van der Waals surface area contributed by atoms with Gasteiger partial charge in [-0.1, -0.05) is 5.21 Å². The predicted octanol–water partition coefficient (Wildman–Crippen LogP) is 4.28. The molecule has 4 aromatic rings. The second kappa shape index (κ2) is 8.69. The Morgan fingerprint density at radius 1 is 1.09 bits per heavy atom. The minimum atomic E-state index is -0.369. The number of benzene rings is 2. The predicted molar refractivity (Wildman–Crippen MR) is 122 cm³/mol. The molecule has 7 nitrogen and oxygen atoms in total. The van der Waals surface area contributed by atoms with Crippen LogP contribution in [0.3, 0.4) is 0 Å². The van der Waals surface area contributed by atoms with Crippen molar-refractivity contribution < 1.29 is 9.18 Å². The van der Waals surface area contributed by atoms with E-state index in [1.807, 2.05) is 18.3 Å². The molecule has 1 aliphatic carbocycles. The molecule has 0 amide bonds. The Hall–Kier alpha value is -3.68. The van der Waals surface area contributed by atoms with E-state index in [1.165, 1.54) is 16.7 Å². The molecule has 2 aromatic heterocycles. The maximum absolute atomic E-state index is 13.5. The molecule has 0 unspecified atom stereocenters. The van der Waals surface area contributed by atoms with Gasteiger partial charge in [-0.3, -0.25) is 9.36 Å². The Kier molecular flexibility index (Phi) is 5.58. The Balaban J connectivity index is 1.57. The van der Waals surface area contributed by atoms with Gasteiger partial charge in [0.2, 0.25) is 0 Å². The third kappa shape index (κ3) is 4.46. The molecule has 0 spiro atoms. The van der Waals surface area contributed by atoms with E-state index in [0.717, 1.165) is 30.6 Å². The summed E-state index contributed by atoms with van der Waals surface area (Å²) in [5.74, 6) is 0.853. The number of nitrogens with zero attached hydrogens (tertiary/aromatic N) is 5. The number of carbonyl (C=O) groups is 1. The normalized spacial score (nSPS) is 13.5. The standard InChI is InChI=1S/C25H24FN5O2/c1-16(32)4-2-3-5-24-27-22-14-20(30-15-23(28-29-30)17-6-7-17)12-13-21(22)25(33)31(24)19-10-8-18(26)9-11-19/h8-15,17H,2-7H2,1H3. The maximum Gasteiger partial charge on any atom is 0.265 e. The molecule has 1 saturated carbocycles. The average Bonchev–Trinajstić information content (AvgIpc) is 3.54. The summed E-state index contributed by atoms with van der Waals surface area (Å²) in [5.41, 5.74) is 2.70. The Morgan fingerprint density at radius 3 is 2.58 bits per heavy atom. The number of halogens is 1. The lowest BCUT2D eigenvalue weighted by Gasteiger charge is -2.14. The van der Waals surface area contributed by atoms with Gasteiger partial charge in [0.1, 0.15) is 17.4 Å². The first-order valence-corrected chi connectivity index (χ1v) is 11.2. The zero-order chi connectivity index (χ0) is 22.9. The third-order valence-corrected chi connectivity index (χ3v) is 5.96. The van der Waals surface area contributed by atoms with Crippen molar-refractivity contribution in [2.24, 2.45) is 0 Å². The fourth-order valence-electron chi connectivity index (χ4n) is 4.01. The maximum atomic E-state index is 13.5. The molecule has 0 N–H and O–H groups in total. The third-order valence-electron chi connectivity index (χ3n) is 5.96. The summed E-state index contributed by atoms with van der Waals surface area (Å²) < 4.78 is 16.7. The van der Waals surface area contributed by atoms with Crippen LogP contribution in [0.15, 0.2) is 53.5 Å². The zero-order valence-corrected chi connectivity index (χ0v) is 18.4. The number of ketones is 1. The van der Waals surface area contributed by atoms with Crippen molar-refractivity contribution in [3.63, 3.8) is 0 Å². The lowest BCUT2D eigenvalue weighted by molar-refractivity contribution is -0.117. The Labute approximate surface area is 189 Å². The fourth-order valence-corrected chi connectivity index (χ4v) is 4.01. The molecule has 5 rings (SSSR count). The SMILES string of the molecule is CC(=O)CCCCc1nc2cc(-n3cc(C4CC4)nn3)ccc2c(=O)n1-c1ccc(F)cc1. The van der Waals surface area contributed by atoms with Crippen LogP contribution in [0.4, 0.5) is 4.39 Å². The first kappa shape index (κ1) is 21.2. The molecular formula is C25H24FN5O2. The molecule has 2 aromatic carbocycles. The number of fused-ring (bicyclic) bond motifs is 1. The number of hydrogen-bond donors (Lipinski definition) is 0. The van der Waals surface area contributed by atoms with Crippen molar-refractivity contribution >= 4 is 16.7 Å². The molecular weight excluding hydrogens is 421 g/mol. The van der Waals surface area contributed by atoms with E-state index in [2.05, 4.69) is 10.3 Å². The van der Waals surface area contributed by atoms with Crippen molar-refractivity contribution in [3.8, 4) is 11.4 Å². The van der Waals surface area contributed by atoms with E-state index in [1.54, 1.807) is 29.8 Å². The molecule has 0 bridgehead atoms. The van der Waals surface area contributed by atoms with E-state index >= 15 is 0 Å². The quantitative estimate of drug-likeness (QED) is 0.378. The molecule has 33 heavy (non-hydrogen) atoms. The lowest BCUT2D eigenvalue weighted by atomic mass is 10.1. The van der Waals surface area contributed by atoms with Crippen molar-refractivity contribution in [2.45, 2.75) is 51.4 Å². The van der Waals surface area contributed by atoms with Crippen molar-refractivity contribution in [1.29, 1.82) is 0 Å². The molecule has 8 heteroatoms. The number of unbranched alkanes of at least 4 members (excludes halogenated alkanes) is 1. The molecule has 1 aliphatic rings. The summed E-state index contributed by atoms with van der Waals surface area (Å²) in [6, 6.07) is 11.2. The van der Waals surface area contributed by atoms with Gasteiger partial charge >= 0.3 is 0 Å². The van der Waals surface area contributed by atoms with Gasteiger partial charge in [0.25, 0.3) is 5.56 Å². The number of hydrogen-bond acceptors (Lipinski definition) is 5. The van der Waals surface area contributed by atoms with Gasteiger partial charge in [0.05, 0.1) is 34.2 Å². The smallest absolute Gasteiger partial charge is 0.265 e. The van der Waals surface area contributed by atoms with Crippen molar-refractivity contribution in [1.82, 2.24) is 24.5 Å². The summed E-state index contributed by atoms with van der Waals surface area (Å²) in [4.78, 5) is 29.6. The number of aryl methyl sites for hydroxylation is 1. The van der Waals surface area contributed by atoms with E-state index in [9.17, 15) is 14.0 Å². The van der Waals surface area contributed by atoms with Crippen LogP contribution in [0.1, 0.15) is 56.5 Å². The second-order valence-electron chi connectivity index (χ2n) is 8.62. The van der Waals surface area contributed by atoms with Crippen molar-refractivity contribution in [2.75, 3.05) is 0 Å². The van der Waals surface area contributed by atoms with Crippen LogP contribution in [0, 0.1) is 5.82 Å².